The number of carbonyl (C=O) groups is 2. The third-order valence-electron chi connectivity index (χ3n) is 2.27. The van der Waals surface area contributed by atoms with Crippen molar-refractivity contribution in [1.82, 2.24) is 10.2 Å². The third-order valence-corrected chi connectivity index (χ3v) is 2.27. The van der Waals surface area contributed by atoms with Gasteiger partial charge in [0.2, 0.25) is 5.78 Å². The van der Waals surface area contributed by atoms with Crippen LogP contribution in [-0.4, -0.2) is 21.9 Å². The number of Topliss-reactive ketones (excluding diaryl/α,β-unsaturated/α-hetero) is 1. The number of ketones is 1. The van der Waals surface area contributed by atoms with Crippen molar-refractivity contribution < 1.29 is 14.3 Å². The first-order valence-electron chi connectivity index (χ1n) is 5.08. The van der Waals surface area contributed by atoms with Crippen molar-refractivity contribution in [3.8, 4) is 5.88 Å². The van der Waals surface area contributed by atoms with E-state index in [2.05, 4.69) is 15.6 Å². The summed E-state index contributed by atoms with van der Waals surface area (Å²) in [6.45, 7) is 1.12. The van der Waals surface area contributed by atoms with Gasteiger partial charge in [0.25, 0.3) is 5.88 Å². The van der Waals surface area contributed by atoms with Crippen LogP contribution in [0.3, 0.4) is 0 Å². The van der Waals surface area contributed by atoms with Crippen molar-refractivity contribution in [3.63, 3.8) is 0 Å². The van der Waals surface area contributed by atoms with Crippen molar-refractivity contribution in [2.75, 3.05) is 5.43 Å². The highest BCUT2D eigenvalue weighted by molar-refractivity contribution is 6.33. The van der Waals surface area contributed by atoms with Crippen LogP contribution in [-0.2, 0) is 9.59 Å². The van der Waals surface area contributed by atoms with Crippen LogP contribution in [0, 0.1) is 0 Å². The molecule has 1 aromatic carbocycles. The molecule has 0 aliphatic carbocycles. The lowest BCUT2D eigenvalue weighted by Crippen LogP contribution is -2.18. The highest BCUT2D eigenvalue weighted by Crippen LogP contribution is 2.26. The van der Waals surface area contributed by atoms with Gasteiger partial charge in [-0.15, -0.1) is 10.2 Å². The molecule has 1 heterocycles. The molecule has 1 aromatic heterocycles. The predicted molar refractivity (Wildman–Crippen MR) is 63.7 cm³/mol. The average Bonchev–Trinajstić information content (AvgIpc) is 2.39. The van der Waals surface area contributed by atoms with E-state index in [-0.39, 0.29) is 5.88 Å². The number of hydrogen-bond donors (Lipinski definition) is 2. The lowest BCUT2D eigenvalue weighted by molar-refractivity contribution is -0.146. The summed E-state index contributed by atoms with van der Waals surface area (Å²) in [7, 11) is 0. The SMILES string of the molecule is CC(=O)C(=O)Oc1nnc(NN)c2ccccc12. The van der Waals surface area contributed by atoms with E-state index in [0.29, 0.717) is 16.6 Å². The smallest absolute Gasteiger partial charge is 0.381 e. The summed E-state index contributed by atoms with van der Waals surface area (Å²) in [5.41, 5.74) is 2.39. The minimum absolute atomic E-state index is 0.0233. The number of hydrogen-bond acceptors (Lipinski definition) is 7. The van der Waals surface area contributed by atoms with E-state index >= 15 is 0 Å². The molecule has 0 aliphatic heterocycles. The average molecular weight is 246 g/mol. The van der Waals surface area contributed by atoms with Crippen LogP contribution < -0.4 is 16.0 Å². The molecule has 0 amide bonds. The molecule has 0 radical (unpaired) electrons. The second kappa shape index (κ2) is 4.76. The standard InChI is InChI=1S/C11H10N4O3/c1-6(16)11(17)18-10-8-5-3-2-4-7(8)9(13-12)14-15-10/h2-5H,12H2,1H3,(H,13,14). The van der Waals surface area contributed by atoms with Gasteiger partial charge >= 0.3 is 5.97 Å². The van der Waals surface area contributed by atoms with Gasteiger partial charge in [-0.25, -0.2) is 10.6 Å². The Balaban J connectivity index is 2.53. The summed E-state index contributed by atoms with van der Waals surface area (Å²) in [5.74, 6) is 3.94. The number of fused-ring (bicyclic) bond motifs is 1. The van der Waals surface area contributed by atoms with Crippen LogP contribution in [0.25, 0.3) is 10.8 Å². The Morgan fingerprint density at radius 2 is 1.89 bits per heavy atom. The summed E-state index contributed by atoms with van der Waals surface area (Å²) >= 11 is 0. The molecule has 0 atom stereocenters. The molecule has 7 nitrogen and oxygen atoms in total. The number of anilines is 1. The van der Waals surface area contributed by atoms with Crippen LogP contribution in [0.4, 0.5) is 5.82 Å². The van der Waals surface area contributed by atoms with Gasteiger partial charge in [0.05, 0.1) is 0 Å². The second-order valence-electron chi connectivity index (χ2n) is 3.49. The largest absolute Gasteiger partial charge is 0.399 e. The fourth-order valence-electron chi connectivity index (χ4n) is 1.42. The summed E-state index contributed by atoms with van der Waals surface area (Å²) in [6.07, 6.45) is 0. The molecule has 0 spiro atoms. The number of nitrogens with two attached hydrogens (primary N) is 1. The number of carbonyl (C=O) groups excluding carboxylic acids is 2. The van der Waals surface area contributed by atoms with Gasteiger partial charge in [-0.3, -0.25) is 4.79 Å². The van der Waals surface area contributed by atoms with Gasteiger partial charge in [-0.2, -0.15) is 0 Å². The van der Waals surface area contributed by atoms with E-state index in [1.54, 1.807) is 24.3 Å². The molecule has 7 heteroatoms. The lowest BCUT2D eigenvalue weighted by Gasteiger charge is -2.07. The molecule has 0 unspecified atom stereocenters. The molecule has 0 saturated carbocycles. The Hall–Kier alpha value is -2.54. The highest BCUT2D eigenvalue weighted by Gasteiger charge is 2.15. The minimum Gasteiger partial charge on any atom is -0.399 e. The third kappa shape index (κ3) is 2.11. The van der Waals surface area contributed by atoms with Gasteiger partial charge < -0.3 is 10.2 Å². The van der Waals surface area contributed by atoms with Crippen LogP contribution in [0.2, 0.25) is 0 Å². The van der Waals surface area contributed by atoms with Gasteiger partial charge in [0.1, 0.15) is 0 Å². The summed E-state index contributed by atoms with van der Waals surface area (Å²) in [4.78, 5) is 22.1. The minimum atomic E-state index is -0.983. The van der Waals surface area contributed by atoms with E-state index in [4.69, 9.17) is 10.6 Å². The molecule has 18 heavy (non-hydrogen) atoms. The number of aromatic nitrogens is 2. The van der Waals surface area contributed by atoms with Crippen LogP contribution in [0.5, 0.6) is 5.88 Å². The summed E-state index contributed by atoms with van der Waals surface area (Å²) in [6, 6.07) is 6.95. The zero-order valence-electron chi connectivity index (χ0n) is 9.51. The van der Waals surface area contributed by atoms with E-state index in [1.165, 1.54) is 0 Å². The van der Waals surface area contributed by atoms with E-state index < -0.39 is 11.8 Å². The molecule has 2 aromatic rings. The number of ether oxygens (including phenoxy) is 1. The van der Waals surface area contributed by atoms with Crippen molar-refractivity contribution in [1.29, 1.82) is 0 Å². The van der Waals surface area contributed by atoms with Gasteiger partial charge in [0.15, 0.2) is 5.82 Å². The van der Waals surface area contributed by atoms with E-state index in [0.717, 1.165) is 6.92 Å². The summed E-state index contributed by atoms with van der Waals surface area (Å²) < 4.78 is 4.86. The van der Waals surface area contributed by atoms with Crippen LogP contribution in [0.1, 0.15) is 6.92 Å². The van der Waals surface area contributed by atoms with Gasteiger partial charge in [-0.1, -0.05) is 18.2 Å². The molecule has 3 N–H and O–H groups in total. The molecule has 0 bridgehead atoms. The molecule has 0 aliphatic rings. The van der Waals surface area contributed by atoms with Gasteiger partial charge in [-0.05, 0) is 6.07 Å². The molecule has 92 valence electrons. The number of benzene rings is 1. The monoisotopic (exact) mass is 246 g/mol. The maximum absolute atomic E-state index is 11.2. The number of rotatable bonds is 3. The molecular weight excluding hydrogens is 236 g/mol. The first kappa shape index (κ1) is 11.9. The number of esters is 1. The number of nitrogens with one attached hydrogen (secondary N) is 1. The molecular formula is C11H10N4O3. The number of hydrazine groups is 1. The van der Waals surface area contributed by atoms with Crippen molar-refractivity contribution in [3.05, 3.63) is 24.3 Å². The maximum atomic E-state index is 11.2. The number of nitrogens with zero attached hydrogens (tertiary/aromatic N) is 2. The van der Waals surface area contributed by atoms with E-state index in [1.807, 2.05) is 0 Å². The Labute approximate surface area is 102 Å². The van der Waals surface area contributed by atoms with E-state index in [9.17, 15) is 9.59 Å². The van der Waals surface area contributed by atoms with Crippen LogP contribution >= 0.6 is 0 Å². The Kier molecular flexibility index (Phi) is 3.16. The lowest BCUT2D eigenvalue weighted by atomic mass is 10.2. The highest BCUT2D eigenvalue weighted by atomic mass is 16.5. The quantitative estimate of drug-likeness (QED) is 0.349. The van der Waals surface area contributed by atoms with Crippen molar-refractivity contribution in [2.45, 2.75) is 6.92 Å². The molecule has 0 fully saturated rings. The normalized spacial score (nSPS) is 10.1. The zero-order valence-corrected chi connectivity index (χ0v) is 9.51. The Morgan fingerprint density at radius 1 is 1.22 bits per heavy atom. The Morgan fingerprint density at radius 3 is 2.50 bits per heavy atom. The topological polar surface area (TPSA) is 107 Å². The van der Waals surface area contributed by atoms with Crippen molar-refractivity contribution >= 4 is 28.3 Å². The maximum Gasteiger partial charge on any atom is 0.381 e. The fraction of sp³-hybridized carbons (Fsp3) is 0.0909. The first-order chi connectivity index (χ1) is 8.63. The molecule has 0 saturated heterocycles. The van der Waals surface area contributed by atoms with Gasteiger partial charge in [0, 0.05) is 17.7 Å². The summed E-state index contributed by atoms with van der Waals surface area (Å²) in [5, 5.41) is 8.65. The zero-order chi connectivity index (χ0) is 13.1. The predicted octanol–water partition coefficient (Wildman–Crippen LogP) is 0.410. The fourth-order valence-corrected chi connectivity index (χ4v) is 1.42. The number of nitrogen functional groups attached to an aromatic ring is 1. The first-order valence-corrected chi connectivity index (χ1v) is 5.08. The van der Waals surface area contributed by atoms with Crippen LogP contribution in [0.15, 0.2) is 24.3 Å². The molecule has 2 rings (SSSR count). The second-order valence-corrected chi connectivity index (χ2v) is 3.49. The van der Waals surface area contributed by atoms with Crippen molar-refractivity contribution in [2.24, 2.45) is 5.84 Å². The Bertz CT molecular complexity index is 627.